The van der Waals surface area contributed by atoms with Crippen molar-refractivity contribution in [1.82, 2.24) is 9.80 Å². The summed E-state index contributed by atoms with van der Waals surface area (Å²) in [6, 6.07) is 13.2. The van der Waals surface area contributed by atoms with Gasteiger partial charge >= 0.3 is 0 Å². The van der Waals surface area contributed by atoms with Gasteiger partial charge in [0.25, 0.3) is 0 Å². The van der Waals surface area contributed by atoms with Crippen molar-refractivity contribution in [2.75, 3.05) is 46.5 Å². The monoisotopic (exact) mass is 528 g/mol. The van der Waals surface area contributed by atoms with Crippen molar-refractivity contribution < 1.29 is 23.8 Å². The fraction of sp³-hybridized carbons (Fsp3) is 0.517. The number of nitrogens with zero attached hydrogens (tertiary/aromatic N) is 2. The number of para-hydroxylation sites is 1. The quantitative estimate of drug-likeness (QED) is 0.473. The molecule has 0 saturated carbocycles. The summed E-state index contributed by atoms with van der Waals surface area (Å²) in [5, 5.41) is 0.670. The number of halogens is 1. The lowest BCUT2D eigenvalue weighted by atomic mass is 9.95. The molecule has 0 spiro atoms. The summed E-state index contributed by atoms with van der Waals surface area (Å²) in [4.78, 5) is 30.3. The zero-order valence-electron chi connectivity index (χ0n) is 21.8. The lowest BCUT2D eigenvalue weighted by molar-refractivity contribution is -0.166. The van der Waals surface area contributed by atoms with Crippen LogP contribution in [0.5, 0.6) is 11.5 Å². The van der Waals surface area contributed by atoms with Crippen LogP contribution in [-0.2, 0) is 20.7 Å². The van der Waals surface area contributed by atoms with Crippen LogP contribution in [0, 0.1) is 6.92 Å². The van der Waals surface area contributed by atoms with Gasteiger partial charge in [-0.25, -0.2) is 0 Å². The minimum atomic E-state index is -0.916. The lowest BCUT2D eigenvalue weighted by Gasteiger charge is -2.43. The van der Waals surface area contributed by atoms with Gasteiger partial charge in [0.05, 0.1) is 26.7 Å². The molecular formula is C29H37ClN2O5. The maximum absolute atomic E-state index is 13.3. The summed E-state index contributed by atoms with van der Waals surface area (Å²) < 4.78 is 17.9. The average Bonchev–Trinajstić information content (AvgIpc) is 2.93. The van der Waals surface area contributed by atoms with Crippen molar-refractivity contribution in [3.05, 3.63) is 58.6 Å². The van der Waals surface area contributed by atoms with Crippen LogP contribution < -0.4 is 9.47 Å². The van der Waals surface area contributed by atoms with Crippen LogP contribution in [0.4, 0.5) is 0 Å². The standard InChI is InChI=1S/C29H37ClN2O5/c1-22-18-24(11-12-25(22)30)36-21-29(19-28(34)31-14-6-3-7-15-31)20-32(16-17-37-29)27(33)13-10-23-8-4-5-9-26(23)35-2/h4-5,8-9,11-12,18H,3,6-7,10,13-17,19-21H2,1-2H3/t29-/m1/s1. The molecule has 2 saturated heterocycles. The molecule has 2 aromatic rings. The second kappa shape index (κ2) is 12.7. The van der Waals surface area contributed by atoms with E-state index in [1.165, 1.54) is 0 Å². The number of ether oxygens (including phenoxy) is 3. The molecule has 0 aromatic heterocycles. The predicted octanol–water partition coefficient (Wildman–Crippen LogP) is 4.67. The lowest BCUT2D eigenvalue weighted by Crippen LogP contribution is -2.58. The van der Waals surface area contributed by atoms with Crippen LogP contribution in [0.1, 0.15) is 43.2 Å². The van der Waals surface area contributed by atoms with Crippen molar-refractivity contribution in [2.24, 2.45) is 0 Å². The number of methoxy groups -OCH3 is 1. The zero-order valence-corrected chi connectivity index (χ0v) is 22.6. The van der Waals surface area contributed by atoms with Crippen LogP contribution in [0.3, 0.4) is 0 Å². The normalized spacial score (nSPS) is 20.0. The Balaban J connectivity index is 1.46. The number of rotatable bonds is 9. The van der Waals surface area contributed by atoms with Gasteiger partial charge in [-0.3, -0.25) is 9.59 Å². The van der Waals surface area contributed by atoms with Crippen molar-refractivity contribution in [1.29, 1.82) is 0 Å². The first-order chi connectivity index (χ1) is 17.9. The molecule has 200 valence electrons. The molecule has 7 nitrogen and oxygen atoms in total. The molecule has 0 N–H and O–H groups in total. The number of benzene rings is 2. The van der Waals surface area contributed by atoms with Gasteiger partial charge in [0.15, 0.2) is 0 Å². The number of hydrogen-bond acceptors (Lipinski definition) is 5. The van der Waals surface area contributed by atoms with Gasteiger partial charge < -0.3 is 24.0 Å². The molecule has 0 radical (unpaired) electrons. The third-order valence-corrected chi connectivity index (χ3v) is 7.64. The topological polar surface area (TPSA) is 68.3 Å². The number of carbonyl (C=O) groups is 2. The Morgan fingerprint density at radius 1 is 1.03 bits per heavy atom. The van der Waals surface area contributed by atoms with Crippen molar-refractivity contribution in [3.8, 4) is 11.5 Å². The molecule has 2 aliphatic rings. The fourth-order valence-electron chi connectivity index (χ4n) is 5.06. The summed E-state index contributed by atoms with van der Waals surface area (Å²) in [5.74, 6) is 1.53. The van der Waals surface area contributed by atoms with Crippen molar-refractivity contribution in [3.63, 3.8) is 0 Å². The minimum absolute atomic E-state index is 0.0336. The van der Waals surface area contributed by atoms with Crippen molar-refractivity contribution in [2.45, 2.75) is 51.0 Å². The second-order valence-corrected chi connectivity index (χ2v) is 10.4. The first kappa shape index (κ1) is 27.3. The van der Waals surface area contributed by atoms with Gasteiger partial charge in [0, 0.05) is 31.1 Å². The number of morpholine rings is 1. The van der Waals surface area contributed by atoms with E-state index in [9.17, 15) is 9.59 Å². The van der Waals surface area contributed by atoms with E-state index in [4.69, 9.17) is 25.8 Å². The number of hydrogen-bond donors (Lipinski definition) is 0. The van der Waals surface area contributed by atoms with Crippen molar-refractivity contribution >= 4 is 23.4 Å². The molecular weight excluding hydrogens is 492 g/mol. The number of piperidine rings is 1. The van der Waals surface area contributed by atoms with E-state index in [-0.39, 0.29) is 24.8 Å². The summed E-state index contributed by atoms with van der Waals surface area (Å²) in [7, 11) is 1.64. The minimum Gasteiger partial charge on any atom is -0.496 e. The maximum Gasteiger partial charge on any atom is 0.225 e. The van der Waals surface area contributed by atoms with Crippen LogP contribution in [0.25, 0.3) is 0 Å². The molecule has 4 rings (SSSR count). The SMILES string of the molecule is COc1ccccc1CCC(=O)N1CCO[C@](COc2ccc(Cl)c(C)c2)(CC(=O)N2CCCCC2)C1. The molecule has 2 fully saturated rings. The Morgan fingerprint density at radius 3 is 2.57 bits per heavy atom. The van der Waals surface area contributed by atoms with E-state index in [2.05, 4.69) is 0 Å². The molecule has 2 amide bonds. The summed E-state index contributed by atoms with van der Waals surface area (Å²) in [6.07, 6.45) is 4.31. The van der Waals surface area contributed by atoms with E-state index in [1.807, 2.05) is 53.1 Å². The average molecular weight is 529 g/mol. The molecule has 8 heteroatoms. The highest BCUT2D eigenvalue weighted by molar-refractivity contribution is 6.31. The Kier molecular flexibility index (Phi) is 9.33. The second-order valence-electron chi connectivity index (χ2n) is 9.98. The summed E-state index contributed by atoms with van der Waals surface area (Å²) in [6.45, 7) is 4.79. The van der Waals surface area contributed by atoms with Gasteiger partial charge in [-0.05, 0) is 68.0 Å². The maximum atomic E-state index is 13.3. The van der Waals surface area contributed by atoms with E-state index in [0.717, 1.165) is 49.2 Å². The van der Waals surface area contributed by atoms with Crippen LogP contribution in [-0.4, -0.2) is 73.7 Å². The fourth-order valence-corrected chi connectivity index (χ4v) is 5.18. The number of likely N-dealkylation sites (tertiary alicyclic amines) is 1. The number of aryl methyl sites for hydroxylation is 2. The molecule has 2 aliphatic heterocycles. The number of amides is 2. The number of carbonyl (C=O) groups excluding carboxylic acids is 2. The highest BCUT2D eigenvalue weighted by atomic mass is 35.5. The first-order valence-electron chi connectivity index (χ1n) is 13.1. The highest BCUT2D eigenvalue weighted by Gasteiger charge is 2.42. The van der Waals surface area contributed by atoms with Gasteiger partial charge in [-0.15, -0.1) is 0 Å². The van der Waals surface area contributed by atoms with E-state index >= 15 is 0 Å². The Labute approximate surface area is 224 Å². The van der Waals surface area contributed by atoms with E-state index in [0.29, 0.717) is 43.3 Å². The van der Waals surface area contributed by atoms with Gasteiger partial charge in [0.2, 0.25) is 11.8 Å². The highest BCUT2D eigenvalue weighted by Crippen LogP contribution is 2.28. The molecule has 0 bridgehead atoms. The van der Waals surface area contributed by atoms with E-state index < -0.39 is 5.60 Å². The third kappa shape index (κ3) is 7.17. The van der Waals surface area contributed by atoms with Crippen LogP contribution in [0.15, 0.2) is 42.5 Å². The first-order valence-corrected chi connectivity index (χ1v) is 13.5. The van der Waals surface area contributed by atoms with Gasteiger partial charge in [0.1, 0.15) is 23.7 Å². The van der Waals surface area contributed by atoms with E-state index in [1.54, 1.807) is 13.2 Å². The molecule has 0 unspecified atom stereocenters. The summed E-state index contributed by atoms with van der Waals surface area (Å²) in [5.41, 5.74) is 0.996. The largest absolute Gasteiger partial charge is 0.496 e. The van der Waals surface area contributed by atoms with Gasteiger partial charge in [-0.2, -0.15) is 0 Å². The molecule has 1 atom stereocenters. The Hall–Kier alpha value is -2.77. The summed E-state index contributed by atoms with van der Waals surface area (Å²) >= 11 is 6.18. The van der Waals surface area contributed by atoms with Crippen LogP contribution in [0.2, 0.25) is 5.02 Å². The zero-order chi connectivity index (χ0) is 26.3. The Bertz CT molecular complexity index is 1090. The van der Waals surface area contributed by atoms with Gasteiger partial charge in [-0.1, -0.05) is 29.8 Å². The molecule has 2 heterocycles. The third-order valence-electron chi connectivity index (χ3n) is 7.22. The Morgan fingerprint density at radius 2 is 1.81 bits per heavy atom. The molecule has 2 aromatic carbocycles. The predicted molar refractivity (Wildman–Crippen MR) is 143 cm³/mol. The molecule has 0 aliphatic carbocycles. The van der Waals surface area contributed by atoms with Crippen LogP contribution >= 0.6 is 11.6 Å². The molecule has 37 heavy (non-hydrogen) atoms. The smallest absolute Gasteiger partial charge is 0.225 e.